The maximum absolute atomic E-state index is 12.2. The minimum atomic E-state index is -1.21. The lowest BCUT2D eigenvalue weighted by molar-refractivity contribution is -0.109. The van der Waals surface area contributed by atoms with Crippen LogP contribution >= 0.6 is 0 Å². The Morgan fingerprint density at radius 2 is 1.79 bits per heavy atom. The first-order chi connectivity index (χ1) is 10.9. The predicted molar refractivity (Wildman–Crippen MR) is 98.7 cm³/mol. The standard InChI is InChI=1S/C18H32N2O3S/c1-16(2,3)14-13(12-19-24(23)17(4,5)6)11-18(14)7-9-20(10-8-18)15(21)22/h12-14H,7-11H2,1-6H3,(H,21,22)/t13-,14+,24?/m0/s1. The molecule has 24 heavy (non-hydrogen) atoms. The Balaban J connectivity index is 2.10. The summed E-state index contributed by atoms with van der Waals surface area (Å²) in [4.78, 5) is 12.7. The number of piperidine rings is 1. The fraction of sp³-hybridized carbons (Fsp3) is 0.889. The summed E-state index contributed by atoms with van der Waals surface area (Å²) in [6.07, 6.45) is 4.00. The van der Waals surface area contributed by atoms with Crippen LogP contribution in [0.15, 0.2) is 4.40 Å². The van der Waals surface area contributed by atoms with Crippen LogP contribution in [0.25, 0.3) is 0 Å². The molecule has 1 heterocycles. The zero-order valence-electron chi connectivity index (χ0n) is 15.8. The van der Waals surface area contributed by atoms with Gasteiger partial charge in [0.1, 0.15) is 16.1 Å². The molecule has 1 saturated heterocycles. The number of nitrogens with zero attached hydrogens (tertiary/aromatic N) is 2. The van der Waals surface area contributed by atoms with Gasteiger partial charge in [0.2, 0.25) is 0 Å². The summed E-state index contributed by atoms with van der Waals surface area (Å²) in [5.74, 6) is 0.800. The van der Waals surface area contributed by atoms with Crippen molar-refractivity contribution in [2.24, 2.45) is 27.1 Å². The highest BCUT2D eigenvalue weighted by atomic mass is 32.2. The van der Waals surface area contributed by atoms with Crippen molar-refractivity contribution in [3.8, 4) is 0 Å². The summed E-state index contributed by atoms with van der Waals surface area (Å²) in [6.45, 7) is 13.8. The van der Waals surface area contributed by atoms with E-state index in [4.69, 9.17) is 5.11 Å². The second-order valence-electron chi connectivity index (χ2n) is 9.46. The molecule has 5 nitrogen and oxygen atoms in total. The number of hydrogen-bond donors (Lipinski definition) is 1. The fourth-order valence-corrected chi connectivity index (χ4v) is 5.24. The molecular weight excluding hydrogens is 324 g/mol. The van der Waals surface area contributed by atoms with Crippen LogP contribution in [0.4, 0.5) is 4.79 Å². The molecule has 1 aliphatic carbocycles. The van der Waals surface area contributed by atoms with Crippen molar-refractivity contribution in [3.05, 3.63) is 0 Å². The van der Waals surface area contributed by atoms with Crippen molar-refractivity contribution in [1.82, 2.24) is 4.90 Å². The number of amides is 1. The molecule has 1 aliphatic heterocycles. The molecule has 3 atom stereocenters. The molecular formula is C18H32N2O3S. The van der Waals surface area contributed by atoms with Crippen LogP contribution in [0.2, 0.25) is 0 Å². The smallest absolute Gasteiger partial charge is 0.407 e. The second kappa shape index (κ2) is 6.52. The molecule has 0 aromatic carbocycles. The van der Waals surface area contributed by atoms with Gasteiger partial charge in [-0.15, -0.1) is 0 Å². The van der Waals surface area contributed by atoms with E-state index in [1.165, 1.54) is 4.90 Å². The van der Waals surface area contributed by atoms with Gasteiger partial charge in [0.25, 0.3) is 0 Å². The van der Waals surface area contributed by atoms with E-state index in [0.29, 0.717) is 24.9 Å². The molecule has 2 rings (SSSR count). The van der Waals surface area contributed by atoms with Gasteiger partial charge < -0.3 is 14.6 Å². The van der Waals surface area contributed by atoms with E-state index < -0.39 is 17.5 Å². The van der Waals surface area contributed by atoms with Crippen molar-refractivity contribution in [1.29, 1.82) is 0 Å². The van der Waals surface area contributed by atoms with Crippen molar-refractivity contribution in [2.75, 3.05) is 13.1 Å². The molecule has 6 heteroatoms. The average molecular weight is 357 g/mol. The highest BCUT2D eigenvalue weighted by molar-refractivity contribution is 7.91. The Bertz CT molecular complexity index is 499. The number of hydrogen-bond acceptors (Lipinski definition) is 3. The van der Waals surface area contributed by atoms with Crippen LogP contribution in [0.5, 0.6) is 0 Å². The van der Waals surface area contributed by atoms with Crippen LogP contribution in [0.1, 0.15) is 60.8 Å². The van der Waals surface area contributed by atoms with Gasteiger partial charge in [-0.05, 0) is 56.8 Å². The molecule has 2 fully saturated rings. The molecule has 138 valence electrons. The summed E-state index contributed by atoms with van der Waals surface area (Å²) in [6, 6.07) is 0. The summed E-state index contributed by atoms with van der Waals surface area (Å²) in [5.41, 5.74) is 0.341. The molecule has 2 aliphatic rings. The summed E-state index contributed by atoms with van der Waals surface area (Å²) in [7, 11) is 0. The van der Waals surface area contributed by atoms with Gasteiger partial charge in [-0.3, -0.25) is 0 Å². The maximum atomic E-state index is 12.2. The van der Waals surface area contributed by atoms with Crippen LogP contribution in [0, 0.1) is 22.7 Å². The Hall–Kier alpha value is -0.750. The minimum absolute atomic E-state index is 0.129. The monoisotopic (exact) mass is 356 g/mol. The summed E-state index contributed by atoms with van der Waals surface area (Å²) < 4.78 is 16.2. The van der Waals surface area contributed by atoms with Gasteiger partial charge in [-0.1, -0.05) is 25.2 Å². The van der Waals surface area contributed by atoms with E-state index in [-0.39, 0.29) is 15.6 Å². The molecule has 0 aromatic rings. The van der Waals surface area contributed by atoms with Crippen LogP contribution in [0.3, 0.4) is 0 Å². The number of likely N-dealkylation sites (tertiary alicyclic amines) is 1. The van der Waals surface area contributed by atoms with Gasteiger partial charge >= 0.3 is 6.09 Å². The topological polar surface area (TPSA) is 76.0 Å². The van der Waals surface area contributed by atoms with E-state index in [1.807, 2.05) is 27.0 Å². The number of carbonyl (C=O) groups is 1. The SMILES string of the molecule is CC(C)(C)[C@H]1[C@H](C=N[S+]([O-])C(C)(C)C)CC12CCN(C(=O)O)CC2. The van der Waals surface area contributed by atoms with E-state index in [9.17, 15) is 9.35 Å². The molecule has 1 saturated carbocycles. The van der Waals surface area contributed by atoms with E-state index in [2.05, 4.69) is 25.2 Å². The third kappa shape index (κ3) is 3.90. The highest BCUT2D eigenvalue weighted by Crippen LogP contribution is 2.62. The molecule has 0 radical (unpaired) electrons. The van der Waals surface area contributed by atoms with Gasteiger partial charge in [0.05, 0.1) is 6.21 Å². The molecule has 1 amide bonds. The van der Waals surface area contributed by atoms with Crippen LogP contribution < -0.4 is 0 Å². The van der Waals surface area contributed by atoms with Crippen LogP contribution in [-0.2, 0) is 11.4 Å². The van der Waals surface area contributed by atoms with Crippen molar-refractivity contribution in [3.63, 3.8) is 0 Å². The Morgan fingerprint density at radius 1 is 1.25 bits per heavy atom. The van der Waals surface area contributed by atoms with Crippen molar-refractivity contribution in [2.45, 2.75) is 65.6 Å². The van der Waals surface area contributed by atoms with E-state index in [1.54, 1.807) is 0 Å². The fourth-order valence-electron chi connectivity index (χ4n) is 4.66. The number of rotatable bonds is 2. The molecule has 1 spiro atoms. The largest absolute Gasteiger partial charge is 0.591 e. The first-order valence-electron chi connectivity index (χ1n) is 8.81. The lowest BCUT2D eigenvalue weighted by Crippen LogP contribution is -2.59. The zero-order chi connectivity index (χ0) is 18.3. The molecule has 1 N–H and O–H groups in total. The van der Waals surface area contributed by atoms with Gasteiger partial charge in [-0.25, -0.2) is 4.79 Å². The Morgan fingerprint density at radius 3 is 2.21 bits per heavy atom. The average Bonchev–Trinajstić information content (AvgIpc) is 2.40. The van der Waals surface area contributed by atoms with Crippen molar-refractivity contribution >= 4 is 23.7 Å². The second-order valence-corrected chi connectivity index (χ2v) is 11.4. The van der Waals surface area contributed by atoms with Gasteiger partial charge in [-0.2, -0.15) is 0 Å². The zero-order valence-corrected chi connectivity index (χ0v) is 16.7. The lowest BCUT2D eigenvalue weighted by atomic mass is 9.44. The van der Waals surface area contributed by atoms with E-state index in [0.717, 1.165) is 19.3 Å². The van der Waals surface area contributed by atoms with Crippen molar-refractivity contribution < 1.29 is 14.5 Å². The third-order valence-electron chi connectivity index (χ3n) is 5.56. The summed E-state index contributed by atoms with van der Waals surface area (Å²) >= 11 is -1.21. The quantitative estimate of drug-likeness (QED) is 0.601. The minimum Gasteiger partial charge on any atom is -0.591 e. The normalized spacial score (nSPS) is 28.9. The maximum Gasteiger partial charge on any atom is 0.407 e. The summed E-state index contributed by atoms with van der Waals surface area (Å²) in [5, 5.41) is 9.17. The first-order valence-corrected chi connectivity index (χ1v) is 9.92. The Labute approximate surface area is 149 Å². The predicted octanol–water partition coefficient (Wildman–Crippen LogP) is 3.96. The van der Waals surface area contributed by atoms with Gasteiger partial charge in [0.15, 0.2) is 0 Å². The lowest BCUT2D eigenvalue weighted by Gasteiger charge is -2.62. The van der Waals surface area contributed by atoms with Crippen LogP contribution in [-0.4, -0.2) is 44.7 Å². The molecule has 0 aromatic heterocycles. The first kappa shape index (κ1) is 19.6. The Kier molecular flexibility index (Phi) is 5.32. The molecule has 0 bridgehead atoms. The molecule has 1 unspecified atom stereocenters. The van der Waals surface area contributed by atoms with Gasteiger partial charge in [0, 0.05) is 19.0 Å². The number of carboxylic acid groups (broad SMARTS) is 1. The third-order valence-corrected chi connectivity index (χ3v) is 6.93. The highest BCUT2D eigenvalue weighted by Gasteiger charge is 2.58. The van der Waals surface area contributed by atoms with E-state index >= 15 is 0 Å².